The Morgan fingerprint density at radius 3 is 2.95 bits per heavy atom. The van der Waals surface area contributed by atoms with Crippen LogP contribution in [0.15, 0.2) is 12.4 Å². The molecule has 2 aromatic heterocycles. The molecule has 2 aromatic rings. The number of thiazole rings is 1. The zero-order valence-corrected chi connectivity index (χ0v) is 13.7. The first kappa shape index (κ1) is 14.7. The predicted octanol–water partition coefficient (Wildman–Crippen LogP) is 3.33. The largest absolute Gasteiger partial charge is 0.304 e. The fourth-order valence-electron chi connectivity index (χ4n) is 2.93. The summed E-state index contributed by atoms with van der Waals surface area (Å²) >= 11 is 1.89. The fourth-order valence-corrected chi connectivity index (χ4v) is 4.18. The summed E-state index contributed by atoms with van der Waals surface area (Å²) in [6.45, 7) is 6.25. The number of rotatable bonds is 6. The van der Waals surface area contributed by atoms with Crippen LogP contribution < -0.4 is 5.32 Å². The van der Waals surface area contributed by atoms with E-state index in [1.807, 2.05) is 22.2 Å². The maximum atomic E-state index is 4.92. The third-order valence-corrected chi connectivity index (χ3v) is 5.18. The second-order valence-electron chi connectivity index (χ2n) is 5.66. The predicted molar refractivity (Wildman–Crippen MR) is 86.8 cm³/mol. The summed E-state index contributed by atoms with van der Waals surface area (Å²) in [5.41, 5.74) is 2.57. The van der Waals surface area contributed by atoms with E-state index in [1.165, 1.54) is 40.4 Å². The molecule has 0 fully saturated rings. The Morgan fingerprint density at radius 2 is 2.19 bits per heavy atom. The first-order valence-electron chi connectivity index (χ1n) is 8.06. The highest BCUT2D eigenvalue weighted by Crippen LogP contribution is 2.32. The molecular formula is C16H24N4S. The van der Waals surface area contributed by atoms with E-state index >= 15 is 0 Å². The van der Waals surface area contributed by atoms with Gasteiger partial charge in [-0.2, -0.15) is 5.10 Å². The second-order valence-corrected chi connectivity index (χ2v) is 6.77. The quantitative estimate of drug-likeness (QED) is 0.890. The Hall–Kier alpha value is -1.20. The Bertz CT molecular complexity index is 563. The molecule has 5 heteroatoms. The third-order valence-electron chi connectivity index (χ3n) is 3.96. The van der Waals surface area contributed by atoms with E-state index in [2.05, 4.69) is 30.5 Å². The molecule has 0 spiro atoms. The van der Waals surface area contributed by atoms with Gasteiger partial charge in [0.15, 0.2) is 0 Å². The number of fused-ring (bicyclic) bond motifs is 1. The Labute approximate surface area is 130 Å². The van der Waals surface area contributed by atoms with Crippen LogP contribution in [0.1, 0.15) is 60.3 Å². The van der Waals surface area contributed by atoms with E-state index in [1.54, 1.807) is 0 Å². The first-order valence-corrected chi connectivity index (χ1v) is 8.87. The smallest absolute Gasteiger partial charge is 0.115 e. The van der Waals surface area contributed by atoms with Gasteiger partial charge in [-0.3, -0.25) is 4.68 Å². The van der Waals surface area contributed by atoms with Gasteiger partial charge in [-0.05, 0) is 38.6 Å². The number of aryl methyl sites for hydroxylation is 3. The van der Waals surface area contributed by atoms with Crippen LogP contribution in [-0.4, -0.2) is 21.3 Å². The average molecular weight is 304 g/mol. The monoisotopic (exact) mass is 304 g/mol. The lowest BCUT2D eigenvalue weighted by molar-refractivity contribution is 0.596. The van der Waals surface area contributed by atoms with Crippen LogP contribution in [0.5, 0.6) is 0 Å². The van der Waals surface area contributed by atoms with Crippen molar-refractivity contribution in [1.29, 1.82) is 0 Å². The zero-order valence-electron chi connectivity index (χ0n) is 12.9. The van der Waals surface area contributed by atoms with Crippen molar-refractivity contribution in [1.82, 2.24) is 20.1 Å². The summed E-state index contributed by atoms with van der Waals surface area (Å²) in [7, 11) is 0. The minimum Gasteiger partial charge on any atom is -0.304 e. The summed E-state index contributed by atoms with van der Waals surface area (Å²) in [6.07, 6.45) is 10.2. The van der Waals surface area contributed by atoms with Gasteiger partial charge in [0, 0.05) is 23.2 Å². The Balaban J connectivity index is 1.87. The molecule has 1 unspecified atom stereocenters. The van der Waals surface area contributed by atoms with Crippen molar-refractivity contribution in [2.24, 2.45) is 0 Å². The van der Waals surface area contributed by atoms with Crippen LogP contribution in [-0.2, 0) is 19.4 Å². The Morgan fingerprint density at radius 1 is 1.33 bits per heavy atom. The summed E-state index contributed by atoms with van der Waals surface area (Å²) in [5.74, 6) is 0. The molecule has 21 heavy (non-hydrogen) atoms. The zero-order chi connectivity index (χ0) is 14.7. The highest BCUT2D eigenvalue weighted by atomic mass is 32.1. The van der Waals surface area contributed by atoms with Crippen molar-refractivity contribution in [2.75, 3.05) is 6.54 Å². The van der Waals surface area contributed by atoms with Crippen LogP contribution in [0.4, 0.5) is 0 Å². The SMILES string of the molecule is CCCn1cc(C(NCC)c2nc3c(s2)CCCC3)cn1. The summed E-state index contributed by atoms with van der Waals surface area (Å²) in [5, 5.41) is 9.25. The summed E-state index contributed by atoms with van der Waals surface area (Å²) in [6, 6.07) is 0.191. The van der Waals surface area contributed by atoms with Crippen molar-refractivity contribution in [3.8, 4) is 0 Å². The third kappa shape index (κ3) is 3.19. The summed E-state index contributed by atoms with van der Waals surface area (Å²) in [4.78, 5) is 6.42. The number of nitrogens with one attached hydrogen (secondary N) is 1. The van der Waals surface area contributed by atoms with Gasteiger partial charge < -0.3 is 5.32 Å². The molecule has 0 aliphatic heterocycles. The molecule has 0 amide bonds. The van der Waals surface area contributed by atoms with Crippen LogP contribution in [0.25, 0.3) is 0 Å². The highest BCUT2D eigenvalue weighted by molar-refractivity contribution is 7.11. The summed E-state index contributed by atoms with van der Waals surface area (Å²) < 4.78 is 2.03. The second kappa shape index (κ2) is 6.71. The van der Waals surface area contributed by atoms with Crippen LogP contribution in [0.2, 0.25) is 0 Å². The molecule has 0 saturated carbocycles. The van der Waals surface area contributed by atoms with Gasteiger partial charge in [0.05, 0.1) is 17.9 Å². The van der Waals surface area contributed by atoms with Crippen molar-refractivity contribution in [2.45, 2.75) is 58.5 Å². The normalized spacial score (nSPS) is 15.9. The first-order chi connectivity index (χ1) is 10.3. The minimum atomic E-state index is 0.191. The maximum Gasteiger partial charge on any atom is 0.115 e. The number of nitrogens with zero attached hydrogens (tertiary/aromatic N) is 3. The van der Waals surface area contributed by atoms with Gasteiger partial charge in [-0.15, -0.1) is 11.3 Å². The van der Waals surface area contributed by atoms with E-state index in [4.69, 9.17) is 4.98 Å². The molecule has 114 valence electrons. The molecule has 1 aliphatic rings. The van der Waals surface area contributed by atoms with E-state index in [9.17, 15) is 0 Å². The van der Waals surface area contributed by atoms with Crippen LogP contribution in [0, 0.1) is 0 Å². The molecule has 1 atom stereocenters. The van der Waals surface area contributed by atoms with Gasteiger partial charge in [-0.25, -0.2) is 4.98 Å². The number of hydrogen-bond donors (Lipinski definition) is 1. The van der Waals surface area contributed by atoms with Gasteiger partial charge in [0.1, 0.15) is 5.01 Å². The van der Waals surface area contributed by atoms with Crippen molar-refractivity contribution < 1.29 is 0 Å². The van der Waals surface area contributed by atoms with E-state index < -0.39 is 0 Å². The van der Waals surface area contributed by atoms with Gasteiger partial charge in [0.2, 0.25) is 0 Å². The lowest BCUT2D eigenvalue weighted by atomic mass is 10.0. The van der Waals surface area contributed by atoms with Crippen LogP contribution in [0.3, 0.4) is 0 Å². The van der Waals surface area contributed by atoms with Crippen molar-refractivity contribution in [3.05, 3.63) is 33.5 Å². The molecule has 1 aliphatic carbocycles. The van der Waals surface area contributed by atoms with Crippen molar-refractivity contribution in [3.63, 3.8) is 0 Å². The molecule has 1 N–H and O–H groups in total. The fraction of sp³-hybridized carbons (Fsp3) is 0.625. The average Bonchev–Trinajstić information content (AvgIpc) is 3.11. The molecule has 0 saturated heterocycles. The molecule has 0 bridgehead atoms. The number of aromatic nitrogens is 3. The van der Waals surface area contributed by atoms with Crippen molar-refractivity contribution >= 4 is 11.3 Å². The maximum absolute atomic E-state index is 4.92. The number of hydrogen-bond acceptors (Lipinski definition) is 4. The molecule has 4 nitrogen and oxygen atoms in total. The molecule has 0 aromatic carbocycles. The molecular weight excluding hydrogens is 280 g/mol. The van der Waals surface area contributed by atoms with E-state index in [0.29, 0.717) is 0 Å². The topological polar surface area (TPSA) is 42.7 Å². The highest BCUT2D eigenvalue weighted by Gasteiger charge is 2.22. The van der Waals surface area contributed by atoms with Gasteiger partial charge in [0.25, 0.3) is 0 Å². The van der Waals surface area contributed by atoms with Crippen LogP contribution >= 0.6 is 11.3 Å². The molecule has 2 heterocycles. The van der Waals surface area contributed by atoms with E-state index in [0.717, 1.165) is 25.9 Å². The lowest BCUT2D eigenvalue weighted by Gasteiger charge is -2.13. The van der Waals surface area contributed by atoms with E-state index in [-0.39, 0.29) is 6.04 Å². The van der Waals surface area contributed by atoms with Gasteiger partial charge >= 0.3 is 0 Å². The van der Waals surface area contributed by atoms with Gasteiger partial charge in [-0.1, -0.05) is 13.8 Å². The molecule has 3 rings (SSSR count). The Kier molecular flexibility index (Phi) is 4.70. The lowest BCUT2D eigenvalue weighted by Crippen LogP contribution is -2.21. The minimum absolute atomic E-state index is 0.191. The standard InChI is InChI=1S/C16H24N4S/c1-3-9-20-11-12(10-18-20)15(17-4-2)16-19-13-7-5-6-8-14(13)21-16/h10-11,15,17H,3-9H2,1-2H3. The molecule has 0 radical (unpaired) electrons.